The maximum atomic E-state index is 12.8. The van der Waals surface area contributed by atoms with Crippen LogP contribution < -0.4 is 4.90 Å². The maximum Gasteiger partial charge on any atom is 0.125 e. The zero-order chi connectivity index (χ0) is 9.14. The molecule has 0 unspecified atom stereocenters. The second-order valence-electron chi connectivity index (χ2n) is 2.80. The van der Waals surface area contributed by atoms with E-state index >= 15 is 0 Å². The molecule has 12 heavy (non-hydrogen) atoms. The van der Waals surface area contributed by atoms with Gasteiger partial charge >= 0.3 is 0 Å². The van der Waals surface area contributed by atoms with Gasteiger partial charge in [-0.15, -0.1) is 11.6 Å². The van der Waals surface area contributed by atoms with E-state index in [1.54, 1.807) is 6.07 Å². The molecule has 0 fully saturated rings. The van der Waals surface area contributed by atoms with Crippen LogP contribution in [0.25, 0.3) is 0 Å². The van der Waals surface area contributed by atoms with Crippen LogP contribution in [0.5, 0.6) is 0 Å². The molecule has 0 N–H and O–H groups in total. The molecular weight excluding hydrogens is 177 g/mol. The maximum absolute atomic E-state index is 12.8. The Morgan fingerprint density at radius 2 is 2.08 bits per heavy atom. The van der Waals surface area contributed by atoms with Crippen molar-refractivity contribution >= 4 is 17.3 Å². The van der Waals surface area contributed by atoms with E-state index in [9.17, 15) is 4.39 Å². The highest BCUT2D eigenvalue weighted by Gasteiger charge is 2.04. The Hall–Kier alpha value is -0.760. The summed E-state index contributed by atoms with van der Waals surface area (Å²) in [4.78, 5) is 1.85. The van der Waals surface area contributed by atoms with Crippen molar-refractivity contribution in [2.45, 2.75) is 5.88 Å². The topological polar surface area (TPSA) is 3.24 Å². The summed E-state index contributed by atoms with van der Waals surface area (Å²) in [5.41, 5.74) is 1.79. The number of anilines is 1. The predicted molar refractivity (Wildman–Crippen MR) is 50.3 cm³/mol. The van der Waals surface area contributed by atoms with Gasteiger partial charge in [-0.05, 0) is 17.7 Å². The Morgan fingerprint density at radius 1 is 1.42 bits per heavy atom. The van der Waals surface area contributed by atoms with Crippen LogP contribution in [-0.2, 0) is 5.88 Å². The SMILES string of the molecule is CN(C)c1cc(F)ccc1CCl. The first-order valence-corrected chi connectivity index (χ1v) is 4.20. The van der Waals surface area contributed by atoms with Crippen LogP contribution in [0.1, 0.15) is 5.56 Å². The number of hydrogen-bond donors (Lipinski definition) is 0. The second-order valence-corrected chi connectivity index (χ2v) is 3.07. The van der Waals surface area contributed by atoms with E-state index in [2.05, 4.69) is 0 Å². The Kier molecular flexibility index (Phi) is 2.93. The average molecular weight is 188 g/mol. The van der Waals surface area contributed by atoms with Crippen molar-refractivity contribution in [2.24, 2.45) is 0 Å². The normalized spacial score (nSPS) is 10.0. The minimum Gasteiger partial charge on any atom is -0.377 e. The number of nitrogens with zero attached hydrogens (tertiary/aromatic N) is 1. The van der Waals surface area contributed by atoms with Crippen molar-refractivity contribution in [3.8, 4) is 0 Å². The Labute approximate surface area is 76.8 Å². The van der Waals surface area contributed by atoms with Gasteiger partial charge in [0.25, 0.3) is 0 Å². The molecule has 66 valence electrons. The first-order valence-electron chi connectivity index (χ1n) is 3.67. The minimum absolute atomic E-state index is 0.229. The lowest BCUT2D eigenvalue weighted by Crippen LogP contribution is -2.11. The Morgan fingerprint density at radius 3 is 2.58 bits per heavy atom. The zero-order valence-electron chi connectivity index (χ0n) is 7.14. The van der Waals surface area contributed by atoms with Gasteiger partial charge in [-0.1, -0.05) is 6.07 Å². The number of alkyl halides is 1. The van der Waals surface area contributed by atoms with Crippen molar-refractivity contribution in [3.05, 3.63) is 29.6 Å². The molecule has 0 aliphatic carbocycles. The standard InChI is InChI=1S/C9H11ClFN/c1-12(2)9-5-8(11)4-3-7(9)6-10/h3-5H,6H2,1-2H3. The van der Waals surface area contributed by atoms with Gasteiger partial charge in [0, 0.05) is 25.7 Å². The fourth-order valence-electron chi connectivity index (χ4n) is 1.07. The third-order valence-corrected chi connectivity index (χ3v) is 1.96. The van der Waals surface area contributed by atoms with Gasteiger partial charge in [0.1, 0.15) is 5.82 Å². The quantitative estimate of drug-likeness (QED) is 0.644. The summed E-state index contributed by atoms with van der Waals surface area (Å²) in [6, 6.07) is 4.61. The summed E-state index contributed by atoms with van der Waals surface area (Å²) < 4.78 is 12.8. The summed E-state index contributed by atoms with van der Waals surface area (Å²) in [7, 11) is 3.73. The van der Waals surface area contributed by atoms with Gasteiger partial charge < -0.3 is 4.90 Å². The molecule has 0 heterocycles. The van der Waals surface area contributed by atoms with Gasteiger partial charge in [0.2, 0.25) is 0 Å². The van der Waals surface area contributed by atoms with Gasteiger partial charge in [0.15, 0.2) is 0 Å². The summed E-state index contributed by atoms with van der Waals surface area (Å²) in [5, 5.41) is 0. The van der Waals surface area contributed by atoms with Crippen LogP contribution in [0.3, 0.4) is 0 Å². The van der Waals surface area contributed by atoms with Crippen LogP contribution in [0.15, 0.2) is 18.2 Å². The molecule has 0 aromatic heterocycles. The second kappa shape index (κ2) is 3.76. The number of halogens is 2. The van der Waals surface area contributed by atoms with Gasteiger partial charge in [-0.25, -0.2) is 4.39 Å². The average Bonchev–Trinajstić information content (AvgIpc) is 2.04. The number of hydrogen-bond acceptors (Lipinski definition) is 1. The van der Waals surface area contributed by atoms with E-state index < -0.39 is 0 Å². The smallest absolute Gasteiger partial charge is 0.125 e. The third-order valence-electron chi connectivity index (χ3n) is 1.67. The molecule has 0 saturated carbocycles. The molecule has 0 aliphatic rings. The first-order chi connectivity index (χ1) is 5.65. The lowest BCUT2D eigenvalue weighted by Gasteiger charge is -2.15. The van der Waals surface area contributed by atoms with E-state index in [0.717, 1.165) is 11.3 Å². The lowest BCUT2D eigenvalue weighted by atomic mass is 10.2. The van der Waals surface area contributed by atoms with Gasteiger partial charge in [0.05, 0.1) is 0 Å². The monoisotopic (exact) mass is 187 g/mol. The van der Waals surface area contributed by atoms with E-state index in [-0.39, 0.29) is 5.82 Å². The highest BCUT2D eigenvalue weighted by Crippen LogP contribution is 2.21. The van der Waals surface area contributed by atoms with Crippen LogP contribution >= 0.6 is 11.6 Å². The fourth-order valence-corrected chi connectivity index (χ4v) is 1.29. The lowest BCUT2D eigenvalue weighted by molar-refractivity contribution is 0.627. The van der Waals surface area contributed by atoms with Crippen LogP contribution in [0.2, 0.25) is 0 Å². The zero-order valence-corrected chi connectivity index (χ0v) is 7.90. The van der Waals surface area contributed by atoms with Gasteiger partial charge in [-0.3, -0.25) is 0 Å². The van der Waals surface area contributed by atoms with E-state index in [0.29, 0.717) is 5.88 Å². The van der Waals surface area contributed by atoms with E-state index in [1.165, 1.54) is 12.1 Å². The van der Waals surface area contributed by atoms with E-state index in [1.807, 2.05) is 19.0 Å². The van der Waals surface area contributed by atoms with Gasteiger partial charge in [-0.2, -0.15) is 0 Å². The molecule has 0 bridgehead atoms. The Bertz CT molecular complexity index is 273. The molecule has 0 radical (unpaired) electrons. The molecule has 0 spiro atoms. The highest BCUT2D eigenvalue weighted by atomic mass is 35.5. The predicted octanol–water partition coefficient (Wildman–Crippen LogP) is 2.63. The van der Waals surface area contributed by atoms with Crippen molar-refractivity contribution in [3.63, 3.8) is 0 Å². The summed E-state index contributed by atoms with van der Waals surface area (Å²) in [6.45, 7) is 0. The van der Waals surface area contributed by atoms with E-state index in [4.69, 9.17) is 11.6 Å². The van der Waals surface area contributed by atoms with Crippen molar-refractivity contribution in [1.82, 2.24) is 0 Å². The van der Waals surface area contributed by atoms with Crippen molar-refractivity contribution < 1.29 is 4.39 Å². The van der Waals surface area contributed by atoms with Crippen molar-refractivity contribution in [1.29, 1.82) is 0 Å². The van der Waals surface area contributed by atoms with Crippen LogP contribution in [-0.4, -0.2) is 14.1 Å². The molecule has 1 rings (SSSR count). The molecule has 0 atom stereocenters. The number of benzene rings is 1. The molecule has 0 saturated heterocycles. The third kappa shape index (κ3) is 1.89. The highest BCUT2D eigenvalue weighted by molar-refractivity contribution is 6.17. The molecule has 1 aromatic rings. The van der Waals surface area contributed by atoms with Crippen LogP contribution in [0.4, 0.5) is 10.1 Å². The Balaban J connectivity index is 3.12. The largest absolute Gasteiger partial charge is 0.377 e. The fraction of sp³-hybridized carbons (Fsp3) is 0.333. The molecule has 3 heteroatoms. The van der Waals surface area contributed by atoms with Crippen molar-refractivity contribution in [2.75, 3.05) is 19.0 Å². The minimum atomic E-state index is -0.229. The molecule has 1 aromatic carbocycles. The number of rotatable bonds is 2. The molecular formula is C9H11ClFN. The first kappa shape index (κ1) is 9.33. The summed E-state index contributed by atoms with van der Waals surface area (Å²) >= 11 is 5.68. The van der Waals surface area contributed by atoms with Crippen LogP contribution in [0, 0.1) is 5.82 Å². The summed E-state index contributed by atoms with van der Waals surface area (Å²) in [5.74, 6) is 0.181. The molecule has 1 nitrogen and oxygen atoms in total. The molecule has 0 amide bonds. The molecule has 0 aliphatic heterocycles. The summed E-state index contributed by atoms with van der Waals surface area (Å²) in [6.07, 6.45) is 0.